The largest absolute Gasteiger partial charge is 0.354 e. The number of rotatable bonds is 4. The van der Waals surface area contributed by atoms with Crippen LogP contribution in [0.1, 0.15) is 11.1 Å². The normalized spacial score (nSPS) is 13.8. The Morgan fingerprint density at radius 2 is 1.62 bits per heavy atom. The highest BCUT2D eigenvalue weighted by atomic mass is 35.5. The number of benzene rings is 3. The summed E-state index contributed by atoms with van der Waals surface area (Å²) in [4.78, 5) is 28.2. The van der Waals surface area contributed by atoms with Crippen LogP contribution in [0.4, 0.5) is 21.9 Å². The van der Waals surface area contributed by atoms with E-state index in [9.17, 15) is 9.59 Å². The number of hydrogen-bond acceptors (Lipinski definition) is 3. The fourth-order valence-electron chi connectivity index (χ4n) is 3.60. The molecule has 0 atom stereocenters. The Morgan fingerprint density at radius 1 is 0.938 bits per heavy atom. The van der Waals surface area contributed by atoms with Crippen LogP contribution in [0.25, 0.3) is 11.3 Å². The molecule has 0 spiro atoms. The van der Waals surface area contributed by atoms with Gasteiger partial charge in [-0.15, -0.1) is 0 Å². The maximum absolute atomic E-state index is 12.9. The number of anilines is 3. The van der Waals surface area contributed by atoms with Crippen molar-refractivity contribution in [2.75, 3.05) is 36.7 Å². The number of amides is 3. The summed E-state index contributed by atoms with van der Waals surface area (Å²) < 4.78 is 0. The highest BCUT2D eigenvalue weighted by Gasteiger charge is 2.28. The van der Waals surface area contributed by atoms with Gasteiger partial charge in [-0.05, 0) is 42.0 Å². The van der Waals surface area contributed by atoms with E-state index in [2.05, 4.69) is 10.6 Å². The second-order valence-electron chi connectivity index (χ2n) is 7.67. The highest BCUT2D eigenvalue weighted by molar-refractivity contribution is 6.38. The molecule has 3 aromatic rings. The molecular weight excluding hydrogens is 424 g/mol. The SMILES string of the molecule is CN(C)C(=O)N(C)c1ccc(N/C(=C2\C(=O)Nc3cc(Cl)ccc32)c2ccccc2)cc1. The molecule has 0 saturated heterocycles. The maximum Gasteiger partial charge on any atom is 0.323 e. The van der Waals surface area contributed by atoms with Gasteiger partial charge in [-0.25, -0.2) is 4.79 Å². The lowest BCUT2D eigenvalue weighted by Gasteiger charge is -2.22. The molecule has 0 aromatic heterocycles. The lowest BCUT2D eigenvalue weighted by atomic mass is 10.00. The minimum absolute atomic E-state index is 0.115. The molecule has 0 fully saturated rings. The third-order valence-corrected chi connectivity index (χ3v) is 5.47. The Kier molecular flexibility index (Phi) is 5.88. The number of fused-ring (bicyclic) bond motifs is 1. The molecule has 3 amide bonds. The summed E-state index contributed by atoms with van der Waals surface area (Å²) in [5.74, 6) is -0.193. The van der Waals surface area contributed by atoms with Gasteiger partial charge in [0.15, 0.2) is 0 Å². The molecule has 0 radical (unpaired) electrons. The molecule has 32 heavy (non-hydrogen) atoms. The van der Waals surface area contributed by atoms with Crippen molar-refractivity contribution in [3.8, 4) is 0 Å². The Bertz CT molecular complexity index is 1200. The summed E-state index contributed by atoms with van der Waals surface area (Å²) >= 11 is 6.11. The molecule has 0 saturated carbocycles. The van der Waals surface area contributed by atoms with E-state index >= 15 is 0 Å². The average Bonchev–Trinajstić information content (AvgIpc) is 3.11. The quantitative estimate of drug-likeness (QED) is 0.528. The molecule has 1 aliphatic rings. The zero-order valence-corrected chi connectivity index (χ0v) is 18.8. The number of carbonyl (C=O) groups excluding carboxylic acids is 2. The van der Waals surface area contributed by atoms with Crippen molar-refractivity contribution in [3.63, 3.8) is 0 Å². The molecule has 1 aliphatic heterocycles. The van der Waals surface area contributed by atoms with Crippen molar-refractivity contribution in [2.24, 2.45) is 0 Å². The van der Waals surface area contributed by atoms with Crippen molar-refractivity contribution in [3.05, 3.63) is 88.9 Å². The van der Waals surface area contributed by atoms with Crippen molar-refractivity contribution in [1.29, 1.82) is 0 Å². The van der Waals surface area contributed by atoms with E-state index in [-0.39, 0.29) is 11.9 Å². The summed E-state index contributed by atoms with van der Waals surface area (Å²) in [6.45, 7) is 0. The summed E-state index contributed by atoms with van der Waals surface area (Å²) in [6, 6.07) is 22.4. The van der Waals surface area contributed by atoms with Gasteiger partial charge in [0.05, 0.1) is 17.0 Å². The van der Waals surface area contributed by atoms with Crippen LogP contribution < -0.4 is 15.5 Å². The minimum atomic E-state index is -0.193. The molecule has 4 rings (SSSR count). The van der Waals surface area contributed by atoms with Crippen LogP contribution in [0.15, 0.2) is 72.8 Å². The molecule has 0 aliphatic carbocycles. The van der Waals surface area contributed by atoms with E-state index in [1.165, 1.54) is 4.90 Å². The Morgan fingerprint density at radius 3 is 2.28 bits per heavy atom. The predicted octanol–water partition coefficient (Wildman–Crippen LogP) is 5.39. The zero-order chi connectivity index (χ0) is 22.8. The van der Waals surface area contributed by atoms with Crippen LogP contribution >= 0.6 is 11.6 Å². The first kappa shape index (κ1) is 21.5. The first-order valence-corrected chi connectivity index (χ1v) is 10.5. The monoisotopic (exact) mass is 446 g/mol. The molecule has 1 heterocycles. The van der Waals surface area contributed by atoms with Gasteiger partial charge in [0.1, 0.15) is 0 Å². The second kappa shape index (κ2) is 8.77. The number of hydrogen-bond donors (Lipinski definition) is 2. The van der Waals surface area contributed by atoms with Crippen LogP contribution in [0, 0.1) is 0 Å². The number of halogens is 1. The Hall–Kier alpha value is -3.77. The van der Waals surface area contributed by atoms with Gasteiger partial charge in [-0.1, -0.05) is 48.0 Å². The molecule has 0 bridgehead atoms. The van der Waals surface area contributed by atoms with E-state index in [0.29, 0.717) is 22.0 Å². The predicted molar refractivity (Wildman–Crippen MR) is 131 cm³/mol. The highest BCUT2D eigenvalue weighted by Crippen LogP contribution is 2.38. The van der Waals surface area contributed by atoms with Crippen LogP contribution in [-0.4, -0.2) is 38.0 Å². The van der Waals surface area contributed by atoms with E-state index in [1.807, 2.05) is 60.7 Å². The van der Waals surface area contributed by atoms with Gasteiger partial charge < -0.3 is 15.5 Å². The molecule has 7 heteroatoms. The molecule has 0 unspecified atom stereocenters. The number of nitrogens with zero attached hydrogens (tertiary/aromatic N) is 2. The topological polar surface area (TPSA) is 64.7 Å². The van der Waals surface area contributed by atoms with Gasteiger partial charge in [0, 0.05) is 43.1 Å². The van der Waals surface area contributed by atoms with E-state index in [0.717, 1.165) is 22.5 Å². The summed E-state index contributed by atoms with van der Waals surface area (Å²) in [7, 11) is 5.16. The van der Waals surface area contributed by atoms with Crippen molar-refractivity contribution in [2.45, 2.75) is 0 Å². The summed E-state index contributed by atoms with van der Waals surface area (Å²) in [5, 5.41) is 6.88. The third-order valence-electron chi connectivity index (χ3n) is 5.23. The summed E-state index contributed by atoms with van der Waals surface area (Å²) in [6.07, 6.45) is 0. The van der Waals surface area contributed by atoms with Crippen molar-refractivity contribution in [1.82, 2.24) is 4.90 Å². The van der Waals surface area contributed by atoms with Crippen LogP contribution in [-0.2, 0) is 4.79 Å². The Balaban J connectivity index is 1.74. The third kappa shape index (κ3) is 4.18. The van der Waals surface area contributed by atoms with Crippen molar-refractivity contribution >= 4 is 51.9 Å². The average molecular weight is 447 g/mol. The number of urea groups is 1. The molecular formula is C25H23ClN4O2. The molecule has 162 valence electrons. The lowest BCUT2D eigenvalue weighted by molar-refractivity contribution is -0.110. The number of carbonyl (C=O) groups is 2. The fraction of sp³-hybridized carbons (Fsp3) is 0.120. The summed E-state index contributed by atoms with van der Waals surface area (Å²) in [5.41, 5.74) is 5.15. The standard InChI is InChI=1S/C25H23ClN4O2/c1-29(2)25(32)30(3)19-12-10-18(11-13-19)27-23(16-7-5-4-6-8-16)22-20-14-9-17(26)15-21(20)28-24(22)31/h4-15,27H,1-3H3,(H,28,31)/b23-22-. The smallest absolute Gasteiger partial charge is 0.323 e. The van der Waals surface area contributed by atoms with Crippen LogP contribution in [0.2, 0.25) is 5.02 Å². The first-order chi connectivity index (χ1) is 15.3. The van der Waals surface area contributed by atoms with E-state index in [4.69, 9.17) is 11.6 Å². The van der Waals surface area contributed by atoms with Crippen LogP contribution in [0.5, 0.6) is 0 Å². The molecule has 3 aromatic carbocycles. The van der Waals surface area contributed by atoms with E-state index in [1.54, 1.807) is 38.2 Å². The first-order valence-electron chi connectivity index (χ1n) is 10.1. The minimum Gasteiger partial charge on any atom is -0.354 e. The van der Waals surface area contributed by atoms with Gasteiger partial charge >= 0.3 is 6.03 Å². The van der Waals surface area contributed by atoms with Gasteiger partial charge in [0.25, 0.3) is 5.91 Å². The second-order valence-corrected chi connectivity index (χ2v) is 8.10. The maximum atomic E-state index is 12.9. The Labute approximate surface area is 192 Å². The fourth-order valence-corrected chi connectivity index (χ4v) is 3.77. The van der Waals surface area contributed by atoms with Crippen molar-refractivity contribution < 1.29 is 9.59 Å². The zero-order valence-electron chi connectivity index (χ0n) is 18.0. The van der Waals surface area contributed by atoms with Crippen LogP contribution in [0.3, 0.4) is 0 Å². The van der Waals surface area contributed by atoms with Gasteiger partial charge in [-0.3, -0.25) is 9.69 Å². The van der Waals surface area contributed by atoms with Gasteiger partial charge in [-0.2, -0.15) is 0 Å². The number of nitrogens with one attached hydrogen (secondary N) is 2. The van der Waals surface area contributed by atoms with E-state index < -0.39 is 0 Å². The lowest BCUT2D eigenvalue weighted by Crippen LogP contribution is -2.36. The molecule has 6 nitrogen and oxygen atoms in total. The van der Waals surface area contributed by atoms with Gasteiger partial charge in [0.2, 0.25) is 0 Å². The molecule has 2 N–H and O–H groups in total.